The van der Waals surface area contributed by atoms with E-state index in [1.54, 1.807) is 41.8 Å². The van der Waals surface area contributed by atoms with Crippen molar-refractivity contribution in [3.63, 3.8) is 0 Å². The first-order valence-electron chi connectivity index (χ1n) is 11.1. The van der Waals surface area contributed by atoms with Gasteiger partial charge in [0.15, 0.2) is 5.76 Å². The number of aliphatic hydroxyl groups excluding tert-OH is 1. The van der Waals surface area contributed by atoms with Crippen LogP contribution < -0.4 is 0 Å². The molecule has 0 aliphatic carbocycles. The Morgan fingerprint density at radius 1 is 1.12 bits per heavy atom. The monoisotopic (exact) mass is 450 g/mol. The molecule has 1 atom stereocenters. The van der Waals surface area contributed by atoms with Gasteiger partial charge in [0.1, 0.15) is 17.2 Å². The number of carbonyl (C=O) groups is 2. The van der Waals surface area contributed by atoms with Gasteiger partial charge in [-0.3, -0.25) is 14.0 Å². The SMILES string of the molecule is CCN(CC)CCN1C(=O)C(=O)/C(=C(/O)c2c(C)nc3ccccn23)C1c1ccc(F)cc1. The average Bonchev–Trinajstić information content (AvgIpc) is 3.28. The predicted molar refractivity (Wildman–Crippen MR) is 123 cm³/mol. The fourth-order valence-electron chi connectivity index (χ4n) is 4.42. The van der Waals surface area contributed by atoms with Gasteiger partial charge in [-0.05, 0) is 49.8 Å². The summed E-state index contributed by atoms with van der Waals surface area (Å²) in [4.78, 5) is 34.4. The van der Waals surface area contributed by atoms with E-state index in [9.17, 15) is 19.1 Å². The number of amides is 1. The summed E-state index contributed by atoms with van der Waals surface area (Å²) in [5.74, 6) is -2.14. The molecule has 1 N–H and O–H groups in total. The molecule has 3 heterocycles. The smallest absolute Gasteiger partial charge is 0.295 e. The van der Waals surface area contributed by atoms with Crippen LogP contribution in [0, 0.1) is 12.7 Å². The maximum absolute atomic E-state index is 13.6. The van der Waals surface area contributed by atoms with E-state index in [2.05, 4.69) is 9.88 Å². The first-order valence-corrected chi connectivity index (χ1v) is 11.1. The van der Waals surface area contributed by atoms with Crippen molar-refractivity contribution in [2.24, 2.45) is 0 Å². The van der Waals surface area contributed by atoms with E-state index in [0.29, 0.717) is 35.7 Å². The Kier molecular flexibility index (Phi) is 6.29. The fraction of sp³-hybridized carbons (Fsp3) is 0.320. The number of benzene rings is 1. The topological polar surface area (TPSA) is 78.2 Å². The number of Topliss-reactive ketones (excluding diaryl/α,β-unsaturated/α-hetero) is 1. The Morgan fingerprint density at radius 2 is 1.82 bits per heavy atom. The lowest BCUT2D eigenvalue weighted by Gasteiger charge is -2.28. The van der Waals surface area contributed by atoms with Crippen molar-refractivity contribution in [2.75, 3.05) is 26.2 Å². The number of carbonyl (C=O) groups excluding carboxylic acids is 2. The van der Waals surface area contributed by atoms with Crippen LogP contribution >= 0.6 is 0 Å². The Bertz CT molecular complexity index is 1230. The van der Waals surface area contributed by atoms with E-state index >= 15 is 0 Å². The number of ketones is 1. The molecule has 1 saturated heterocycles. The van der Waals surface area contributed by atoms with Crippen molar-refractivity contribution in [1.29, 1.82) is 0 Å². The molecule has 1 aromatic carbocycles. The van der Waals surface area contributed by atoms with Gasteiger partial charge in [0.2, 0.25) is 0 Å². The number of fused-ring (bicyclic) bond motifs is 1. The molecule has 7 nitrogen and oxygen atoms in total. The molecule has 4 rings (SSSR count). The van der Waals surface area contributed by atoms with Gasteiger partial charge in [0.05, 0.1) is 17.3 Å². The van der Waals surface area contributed by atoms with Gasteiger partial charge >= 0.3 is 0 Å². The van der Waals surface area contributed by atoms with Gasteiger partial charge in [-0.15, -0.1) is 0 Å². The summed E-state index contributed by atoms with van der Waals surface area (Å²) in [6, 6.07) is 10.3. The average molecular weight is 451 g/mol. The highest BCUT2D eigenvalue weighted by Gasteiger charge is 2.46. The van der Waals surface area contributed by atoms with Crippen molar-refractivity contribution >= 4 is 23.1 Å². The number of hydrogen-bond donors (Lipinski definition) is 1. The summed E-state index contributed by atoms with van der Waals surface area (Å²) < 4.78 is 15.3. The number of halogens is 1. The quantitative estimate of drug-likeness (QED) is 0.338. The minimum atomic E-state index is -0.824. The van der Waals surface area contributed by atoms with E-state index in [-0.39, 0.29) is 11.3 Å². The van der Waals surface area contributed by atoms with E-state index in [1.807, 2.05) is 19.9 Å². The molecule has 0 saturated carbocycles. The molecule has 1 unspecified atom stereocenters. The summed E-state index contributed by atoms with van der Waals surface area (Å²) in [5, 5.41) is 11.4. The van der Waals surface area contributed by atoms with Crippen LogP contribution in [0.5, 0.6) is 0 Å². The zero-order valence-electron chi connectivity index (χ0n) is 19.0. The number of likely N-dealkylation sites (tertiary alicyclic amines) is 1. The van der Waals surface area contributed by atoms with Gasteiger partial charge < -0.3 is 14.9 Å². The molecular formula is C25H27FN4O3. The second kappa shape index (κ2) is 9.15. The van der Waals surface area contributed by atoms with Crippen LogP contribution in [0.15, 0.2) is 54.2 Å². The molecule has 172 valence electrons. The fourth-order valence-corrected chi connectivity index (χ4v) is 4.42. The second-order valence-corrected chi connectivity index (χ2v) is 8.05. The number of nitrogens with zero attached hydrogens (tertiary/aromatic N) is 4. The molecule has 1 aliphatic rings. The van der Waals surface area contributed by atoms with E-state index in [0.717, 1.165) is 13.1 Å². The molecule has 0 bridgehead atoms. The van der Waals surface area contributed by atoms with Crippen molar-refractivity contribution < 1.29 is 19.1 Å². The lowest BCUT2D eigenvalue weighted by molar-refractivity contribution is -0.140. The maximum atomic E-state index is 13.6. The normalized spacial score (nSPS) is 18.1. The second-order valence-electron chi connectivity index (χ2n) is 8.05. The van der Waals surface area contributed by atoms with Crippen molar-refractivity contribution in [2.45, 2.75) is 26.8 Å². The van der Waals surface area contributed by atoms with Crippen molar-refractivity contribution in [3.05, 3.63) is 77.0 Å². The Labute approximate surface area is 191 Å². The molecule has 0 spiro atoms. The third kappa shape index (κ3) is 4.02. The Hall–Kier alpha value is -3.52. The van der Waals surface area contributed by atoms with Crippen LogP contribution in [-0.4, -0.2) is 62.2 Å². The number of aromatic nitrogens is 2. The lowest BCUT2D eigenvalue weighted by atomic mass is 9.96. The van der Waals surface area contributed by atoms with Gasteiger partial charge in [-0.1, -0.05) is 32.0 Å². The number of hydrogen-bond acceptors (Lipinski definition) is 5. The van der Waals surface area contributed by atoms with Crippen LogP contribution in [0.1, 0.15) is 36.8 Å². The molecule has 33 heavy (non-hydrogen) atoms. The molecule has 3 aromatic rings. The number of rotatable bonds is 7. The van der Waals surface area contributed by atoms with Crippen LogP contribution in [0.2, 0.25) is 0 Å². The minimum absolute atomic E-state index is 0.0140. The Balaban J connectivity index is 1.87. The number of aryl methyl sites for hydroxylation is 1. The van der Waals surface area contributed by atoms with Crippen LogP contribution in [-0.2, 0) is 9.59 Å². The van der Waals surface area contributed by atoms with Gasteiger partial charge in [0, 0.05) is 19.3 Å². The number of imidazole rings is 1. The molecule has 1 fully saturated rings. The van der Waals surface area contributed by atoms with Crippen molar-refractivity contribution in [3.8, 4) is 0 Å². The number of pyridine rings is 1. The predicted octanol–water partition coefficient (Wildman–Crippen LogP) is 3.55. The highest BCUT2D eigenvalue weighted by Crippen LogP contribution is 2.39. The molecule has 1 amide bonds. The summed E-state index contributed by atoms with van der Waals surface area (Å²) in [7, 11) is 0. The molecule has 1 aliphatic heterocycles. The van der Waals surface area contributed by atoms with Crippen LogP contribution in [0.25, 0.3) is 11.4 Å². The standard InChI is InChI=1S/C25H27FN4O3/c1-4-28(5-2)14-15-30-22(17-9-11-18(26)12-10-17)20(24(32)25(30)33)23(31)21-16(3)27-19-8-6-7-13-29(19)21/h6-13,22,31H,4-5,14-15H2,1-3H3/b23-20+. The van der Waals surface area contributed by atoms with Crippen LogP contribution in [0.3, 0.4) is 0 Å². The number of aliphatic hydroxyl groups is 1. The Morgan fingerprint density at radius 3 is 2.48 bits per heavy atom. The first-order chi connectivity index (χ1) is 15.9. The molecule has 8 heteroatoms. The zero-order chi connectivity index (χ0) is 23.7. The highest BCUT2D eigenvalue weighted by atomic mass is 19.1. The van der Waals surface area contributed by atoms with E-state index in [4.69, 9.17) is 0 Å². The van der Waals surface area contributed by atoms with Gasteiger partial charge in [0.25, 0.3) is 11.7 Å². The lowest BCUT2D eigenvalue weighted by Crippen LogP contribution is -2.38. The largest absolute Gasteiger partial charge is 0.505 e. The first kappa shape index (κ1) is 22.7. The molecular weight excluding hydrogens is 423 g/mol. The minimum Gasteiger partial charge on any atom is -0.505 e. The van der Waals surface area contributed by atoms with E-state index in [1.165, 1.54) is 17.0 Å². The zero-order valence-corrected chi connectivity index (χ0v) is 19.0. The summed E-state index contributed by atoms with van der Waals surface area (Å²) in [6.45, 7) is 8.30. The van der Waals surface area contributed by atoms with Crippen LogP contribution in [0.4, 0.5) is 4.39 Å². The third-order valence-corrected chi connectivity index (χ3v) is 6.21. The van der Waals surface area contributed by atoms with E-state index < -0.39 is 23.5 Å². The molecule has 0 radical (unpaired) electrons. The summed E-state index contributed by atoms with van der Waals surface area (Å²) in [6.07, 6.45) is 1.74. The number of likely N-dealkylation sites (N-methyl/N-ethyl adjacent to an activating group) is 1. The van der Waals surface area contributed by atoms with Crippen molar-refractivity contribution in [1.82, 2.24) is 19.2 Å². The highest BCUT2D eigenvalue weighted by molar-refractivity contribution is 6.46. The summed E-state index contributed by atoms with van der Waals surface area (Å²) >= 11 is 0. The third-order valence-electron chi connectivity index (χ3n) is 6.21. The maximum Gasteiger partial charge on any atom is 0.295 e. The van der Waals surface area contributed by atoms with Gasteiger partial charge in [-0.2, -0.15) is 0 Å². The molecule has 2 aromatic heterocycles. The van der Waals surface area contributed by atoms with Gasteiger partial charge in [-0.25, -0.2) is 9.37 Å². The summed E-state index contributed by atoms with van der Waals surface area (Å²) in [5.41, 5.74) is 2.05.